The van der Waals surface area contributed by atoms with Crippen LogP contribution in [0.25, 0.3) is 0 Å². The Kier molecular flexibility index (Phi) is 5.89. The zero-order valence-corrected chi connectivity index (χ0v) is 18.8. The fraction of sp³-hybridized carbons (Fsp3) is 0.240. The first kappa shape index (κ1) is 21.8. The molecular formula is C25H24ClNO5. The number of nitrogens with zero attached hydrogens (tertiary/aromatic N) is 1. The van der Waals surface area contributed by atoms with Crippen molar-refractivity contribution in [1.29, 1.82) is 0 Å². The molecule has 0 aliphatic carbocycles. The van der Waals surface area contributed by atoms with Crippen LogP contribution in [-0.2, 0) is 5.72 Å². The predicted molar refractivity (Wildman–Crippen MR) is 122 cm³/mol. The molecule has 1 amide bonds. The van der Waals surface area contributed by atoms with Crippen LogP contribution in [0.5, 0.6) is 23.0 Å². The molecular weight excluding hydrogens is 430 g/mol. The number of phenolic OH excluding ortho intramolecular Hbond substituents is 1. The smallest absolute Gasteiger partial charge is 0.257 e. The Morgan fingerprint density at radius 2 is 1.62 bits per heavy atom. The van der Waals surface area contributed by atoms with E-state index in [1.165, 1.54) is 14.2 Å². The number of halogens is 1. The third kappa shape index (κ3) is 3.41. The Labute approximate surface area is 191 Å². The summed E-state index contributed by atoms with van der Waals surface area (Å²) in [5.41, 5.74) is 0.821. The van der Waals surface area contributed by atoms with Gasteiger partial charge in [0.15, 0.2) is 11.5 Å². The fourth-order valence-electron chi connectivity index (χ4n) is 4.14. The molecule has 1 N–H and O–H groups in total. The second-order valence-corrected chi connectivity index (χ2v) is 7.87. The molecule has 4 rings (SSSR count). The van der Waals surface area contributed by atoms with E-state index >= 15 is 0 Å². The van der Waals surface area contributed by atoms with E-state index in [1.54, 1.807) is 35.2 Å². The fourth-order valence-corrected chi connectivity index (χ4v) is 4.26. The van der Waals surface area contributed by atoms with Crippen LogP contribution in [0.15, 0.2) is 60.7 Å². The number of methoxy groups -OCH3 is 2. The number of carbonyl (C=O) groups is 1. The van der Waals surface area contributed by atoms with Crippen LogP contribution < -0.4 is 14.2 Å². The molecule has 0 fully saturated rings. The van der Waals surface area contributed by atoms with Crippen molar-refractivity contribution in [3.05, 3.63) is 82.4 Å². The topological polar surface area (TPSA) is 68.2 Å². The third-order valence-electron chi connectivity index (χ3n) is 5.55. The van der Waals surface area contributed by atoms with E-state index in [2.05, 4.69) is 0 Å². The van der Waals surface area contributed by atoms with E-state index in [0.717, 1.165) is 17.5 Å². The van der Waals surface area contributed by atoms with Gasteiger partial charge in [-0.05, 0) is 24.6 Å². The maximum absolute atomic E-state index is 13.5. The lowest BCUT2D eigenvalue weighted by Crippen LogP contribution is -2.49. The molecule has 3 aromatic rings. The number of carbonyl (C=O) groups excluding carboxylic acids is 1. The van der Waals surface area contributed by atoms with Crippen molar-refractivity contribution in [1.82, 2.24) is 4.90 Å². The first-order valence-electron chi connectivity index (χ1n) is 10.3. The van der Waals surface area contributed by atoms with Gasteiger partial charge in [0.05, 0.1) is 14.2 Å². The zero-order chi connectivity index (χ0) is 22.9. The molecule has 7 heteroatoms. The van der Waals surface area contributed by atoms with Crippen LogP contribution >= 0.6 is 11.6 Å². The maximum atomic E-state index is 13.5. The van der Waals surface area contributed by atoms with Gasteiger partial charge in [0.1, 0.15) is 5.75 Å². The molecule has 1 heterocycles. The number of hydrogen-bond donors (Lipinski definition) is 1. The molecule has 1 aliphatic heterocycles. The van der Waals surface area contributed by atoms with E-state index in [0.29, 0.717) is 22.9 Å². The quantitative estimate of drug-likeness (QED) is 0.532. The van der Waals surface area contributed by atoms with Gasteiger partial charge in [-0.1, -0.05) is 48.9 Å². The van der Waals surface area contributed by atoms with Crippen molar-refractivity contribution in [2.75, 3.05) is 20.8 Å². The number of amides is 1. The first-order chi connectivity index (χ1) is 15.5. The summed E-state index contributed by atoms with van der Waals surface area (Å²) < 4.78 is 17.3. The Morgan fingerprint density at radius 3 is 2.22 bits per heavy atom. The highest BCUT2D eigenvalue weighted by atomic mass is 35.5. The van der Waals surface area contributed by atoms with Crippen LogP contribution in [-0.4, -0.2) is 36.7 Å². The van der Waals surface area contributed by atoms with Crippen molar-refractivity contribution in [3.8, 4) is 23.0 Å². The number of rotatable bonds is 7. The van der Waals surface area contributed by atoms with Gasteiger partial charge in [0, 0.05) is 40.4 Å². The van der Waals surface area contributed by atoms with Crippen molar-refractivity contribution < 1.29 is 24.1 Å². The number of aromatic hydroxyl groups is 1. The van der Waals surface area contributed by atoms with Crippen LogP contribution in [0.4, 0.5) is 0 Å². The second-order valence-electron chi connectivity index (χ2n) is 7.43. The summed E-state index contributed by atoms with van der Waals surface area (Å²) in [7, 11) is 2.90. The highest BCUT2D eigenvalue weighted by Gasteiger charge is 2.53. The third-order valence-corrected chi connectivity index (χ3v) is 5.80. The highest BCUT2D eigenvalue weighted by molar-refractivity contribution is 6.30. The number of fused-ring (bicyclic) bond motifs is 1. The SMILES string of the molecule is CCCN1C(=O)c2ccccc2C1(Oc1cc(OC)c(O)c(OC)c1)c1ccc(Cl)cc1. The van der Waals surface area contributed by atoms with Gasteiger partial charge in [0.25, 0.3) is 5.91 Å². The van der Waals surface area contributed by atoms with Gasteiger partial charge in [-0.2, -0.15) is 0 Å². The molecule has 32 heavy (non-hydrogen) atoms. The van der Waals surface area contributed by atoms with Crippen molar-refractivity contribution in [2.45, 2.75) is 19.1 Å². The van der Waals surface area contributed by atoms with Gasteiger partial charge < -0.3 is 19.3 Å². The lowest BCUT2D eigenvalue weighted by atomic mass is 9.93. The molecule has 0 radical (unpaired) electrons. The summed E-state index contributed by atoms with van der Waals surface area (Å²) in [5, 5.41) is 10.9. The summed E-state index contributed by atoms with van der Waals surface area (Å²) in [4.78, 5) is 15.2. The number of phenols is 1. The molecule has 6 nitrogen and oxygen atoms in total. The molecule has 1 aliphatic rings. The van der Waals surface area contributed by atoms with Gasteiger partial charge in [0.2, 0.25) is 11.5 Å². The number of hydrogen-bond acceptors (Lipinski definition) is 5. The minimum absolute atomic E-state index is 0.116. The summed E-state index contributed by atoms with van der Waals surface area (Å²) in [6, 6.07) is 17.8. The molecule has 0 bridgehead atoms. The molecule has 0 saturated carbocycles. The minimum atomic E-state index is -1.23. The van der Waals surface area contributed by atoms with Gasteiger partial charge in [-0.3, -0.25) is 9.69 Å². The Morgan fingerprint density at radius 1 is 1.00 bits per heavy atom. The summed E-state index contributed by atoms with van der Waals surface area (Å²) >= 11 is 6.16. The summed E-state index contributed by atoms with van der Waals surface area (Å²) in [5.74, 6) is 0.527. The van der Waals surface area contributed by atoms with Crippen LogP contribution in [0, 0.1) is 0 Å². The van der Waals surface area contributed by atoms with Gasteiger partial charge >= 0.3 is 0 Å². The molecule has 0 spiro atoms. The molecule has 1 unspecified atom stereocenters. The van der Waals surface area contributed by atoms with Crippen molar-refractivity contribution >= 4 is 17.5 Å². The molecule has 3 aromatic carbocycles. The van der Waals surface area contributed by atoms with E-state index in [9.17, 15) is 9.90 Å². The standard InChI is InChI=1S/C25H24ClNO5/c1-4-13-27-24(29)19-7-5-6-8-20(19)25(27,16-9-11-17(26)12-10-16)32-18-14-21(30-2)23(28)22(15-18)31-3/h5-12,14-15,28H,4,13H2,1-3H3. The van der Waals surface area contributed by atoms with Crippen LogP contribution in [0.1, 0.15) is 34.8 Å². The number of ether oxygens (including phenoxy) is 3. The molecule has 1 atom stereocenters. The maximum Gasteiger partial charge on any atom is 0.257 e. The predicted octanol–water partition coefficient (Wildman–Crippen LogP) is 5.21. The van der Waals surface area contributed by atoms with Crippen molar-refractivity contribution in [2.24, 2.45) is 0 Å². The average Bonchev–Trinajstić information content (AvgIpc) is 3.04. The Hall–Kier alpha value is -3.38. The second kappa shape index (κ2) is 8.63. The van der Waals surface area contributed by atoms with E-state index in [4.69, 9.17) is 25.8 Å². The zero-order valence-electron chi connectivity index (χ0n) is 18.1. The van der Waals surface area contributed by atoms with Crippen LogP contribution in [0.2, 0.25) is 5.02 Å². The average molecular weight is 454 g/mol. The monoisotopic (exact) mass is 453 g/mol. The minimum Gasteiger partial charge on any atom is -0.502 e. The summed E-state index contributed by atoms with van der Waals surface area (Å²) in [6.07, 6.45) is 0.737. The largest absolute Gasteiger partial charge is 0.502 e. The lowest BCUT2D eigenvalue weighted by Gasteiger charge is -2.39. The summed E-state index contributed by atoms with van der Waals surface area (Å²) in [6.45, 7) is 2.48. The molecule has 0 aromatic heterocycles. The Bertz CT molecular complexity index is 1120. The number of benzene rings is 3. The highest BCUT2D eigenvalue weighted by Crippen LogP contribution is 2.48. The first-order valence-corrected chi connectivity index (χ1v) is 10.7. The van der Waals surface area contributed by atoms with E-state index in [-0.39, 0.29) is 23.2 Å². The van der Waals surface area contributed by atoms with Crippen molar-refractivity contribution in [3.63, 3.8) is 0 Å². The van der Waals surface area contributed by atoms with E-state index < -0.39 is 5.72 Å². The molecule has 166 valence electrons. The lowest BCUT2D eigenvalue weighted by molar-refractivity contribution is -0.0291. The molecule has 0 saturated heterocycles. The van der Waals surface area contributed by atoms with Gasteiger partial charge in [-0.15, -0.1) is 0 Å². The van der Waals surface area contributed by atoms with Gasteiger partial charge in [-0.25, -0.2) is 0 Å². The van der Waals surface area contributed by atoms with E-state index in [1.807, 2.05) is 37.3 Å². The Balaban J connectivity index is 1.98. The normalized spacial score (nSPS) is 17.2. The van der Waals surface area contributed by atoms with Crippen LogP contribution in [0.3, 0.4) is 0 Å².